The Morgan fingerprint density at radius 1 is 1.45 bits per heavy atom. The van der Waals surface area contributed by atoms with Gasteiger partial charge >= 0.3 is 0 Å². The van der Waals surface area contributed by atoms with Crippen LogP contribution in [0.2, 0.25) is 5.02 Å². The Hall–Kier alpha value is -1.11. The quantitative estimate of drug-likeness (QED) is 0.719. The van der Waals surface area contributed by atoms with Gasteiger partial charge in [0.2, 0.25) is 5.91 Å². The van der Waals surface area contributed by atoms with Crippen molar-refractivity contribution in [3.63, 3.8) is 0 Å². The Balaban J connectivity index is 2.31. The molecule has 3 N–H and O–H groups in total. The first kappa shape index (κ1) is 16.9. The van der Waals surface area contributed by atoms with Crippen LogP contribution >= 0.6 is 11.6 Å². The average molecular weight is 319 g/mol. The van der Waals surface area contributed by atoms with Gasteiger partial charge in [-0.2, -0.15) is 0 Å². The van der Waals surface area contributed by atoms with E-state index in [1.54, 1.807) is 25.3 Å². The van der Waals surface area contributed by atoms with Crippen molar-refractivity contribution in [2.45, 2.75) is 12.8 Å². The highest BCUT2D eigenvalue weighted by atomic mass is 35.5. The highest BCUT2D eigenvalue weighted by molar-refractivity contribution is 7.84. The van der Waals surface area contributed by atoms with Crippen molar-refractivity contribution in [1.82, 2.24) is 0 Å². The Kier molecular flexibility index (Phi) is 7.58. The molecule has 0 heterocycles. The van der Waals surface area contributed by atoms with Crippen molar-refractivity contribution < 1.29 is 13.7 Å². The molecule has 0 saturated carbocycles. The smallest absolute Gasteiger partial charge is 0.224 e. The number of ether oxygens (including phenoxy) is 1. The van der Waals surface area contributed by atoms with E-state index in [9.17, 15) is 9.00 Å². The van der Waals surface area contributed by atoms with Gasteiger partial charge in [0, 0.05) is 40.9 Å². The molecule has 0 bridgehead atoms. The van der Waals surface area contributed by atoms with Crippen LogP contribution in [0.15, 0.2) is 18.2 Å². The minimum Gasteiger partial charge on any atom is -0.397 e. The van der Waals surface area contributed by atoms with Crippen LogP contribution in [0.1, 0.15) is 12.8 Å². The number of nitrogen functional groups attached to an aromatic ring is 1. The summed E-state index contributed by atoms with van der Waals surface area (Å²) in [6, 6.07) is 4.90. The van der Waals surface area contributed by atoms with Crippen molar-refractivity contribution in [2.75, 3.05) is 36.3 Å². The van der Waals surface area contributed by atoms with Crippen LogP contribution in [0.4, 0.5) is 11.4 Å². The molecule has 5 nitrogen and oxygen atoms in total. The van der Waals surface area contributed by atoms with Gasteiger partial charge < -0.3 is 15.8 Å². The van der Waals surface area contributed by atoms with E-state index in [0.717, 1.165) is 0 Å². The number of methoxy groups -OCH3 is 1. The zero-order chi connectivity index (χ0) is 15.0. The summed E-state index contributed by atoms with van der Waals surface area (Å²) in [7, 11) is 0.633. The third kappa shape index (κ3) is 6.36. The molecule has 1 aromatic carbocycles. The molecule has 0 fully saturated rings. The lowest BCUT2D eigenvalue weighted by atomic mass is 10.2. The Bertz CT molecular complexity index is 483. The van der Waals surface area contributed by atoms with Gasteiger partial charge in [-0.05, 0) is 24.6 Å². The molecule has 0 aromatic heterocycles. The highest BCUT2D eigenvalue weighted by Gasteiger charge is 2.07. The third-order valence-electron chi connectivity index (χ3n) is 2.58. The highest BCUT2D eigenvalue weighted by Crippen LogP contribution is 2.22. The van der Waals surface area contributed by atoms with Crippen molar-refractivity contribution in [3.05, 3.63) is 23.2 Å². The molecule has 1 unspecified atom stereocenters. The Morgan fingerprint density at radius 3 is 2.85 bits per heavy atom. The molecule has 0 aliphatic carbocycles. The van der Waals surface area contributed by atoms with Crippen molar-refractivity contribution in [1.29, 1.82) is 0 Å². The molecule has 1 rings (SSSR count). The molecule has 0 saturated heterocycles. The molecule has 0 radical (unpaired) electrons. The number of anilines is 2. The molecule has 0 spiro atoms. The molecule has 20 heavy (non-hydrogen) atoms. The number of nitrogens with one attached hydrogen (secondary N) is 1. The molecular weight excluding hydrogens is 300 g/mol. The maximum atomic E-state index is 11.7. The van der Waals surface area contributed by atoms with Crippen LogP contribution in [0.5, 0.6) is 0 Å². The first-order valence-corrected chi connectivity index (χ1v) is 8.08. The largest absolute Gasteiger partial charge is 0.397 e. The predicted molar refractivity (Wildman–Crippen MR) is 83.5 cm³/mol. The summed E-state index contributed by atoms with van der Waals surface area (Å²) in [4.78, 5) is 11.7. The van der Waals surface area contributed by atoms with E-state index in [2.05, 4.69) is 5.32 Å². The van der Waals surface area contributed by atoms with Gasteiger partial charge in [-0.1, -0.05) is 11.6 Å². The summed E-state index contributed by atoms with van der Waals surface area (Å²) in [5, 5.41) is 3.23. The third-order valence-corrected chi connectivity index (χ3v) is 4.18. The summed E-state index contributed by atoms with van der Waals surface area (Å²) < 4.78 is 16.3. The molecule has 1 aromatic rings. The number of hydrogen-bond acceptors (Lipinski definition) is 4. The summed E-state index contributed by atoms with van der Waals surface area (Å²) in [6.45, 7) is 0.472. The normalized spacial score (nSPS) is 12.1. The molecule has 7 heteroatoms. The fourth-order valence-electron chi connectivity index (χ4n) is 1.53. The zero-order valence-electron chi connectivity index (χ0n) is 11.4. The first-order valence-electron chi connectivity index (χ1n) is 6.21. The maximum absolute atomic E-state index is 11.7. The van der Waals surface area contributed by atoms with Gasteiger partial charge in [0.05, 0.1) is 18.0 Å². The number of hydrogen-bond donors (Lipinski definition) is 2. The lowest BCUT2D eigenvalue weighted by Gasteiger charge is -2.08. The van der Waals surface area contributed by atoms with Crippen LogP contribution in [-0.2, 0) is 20.3 Å². The SMILES string of the molecule is COCCS(=O)CCCC(=O)Nc1ccc(Cl)cc1N. The second-order valence-electron chi connectivity index (χ2n) is 4.22. The maximum Gasteiger partial charge on any atom is 0.224 e. The fourth-order valence-corrected chi connectivity index (χ4v) is 2.74. The number of amides is 1. The van der Waals surface area contributed by atoms with Crippen LogP contribution in [0, 0.1) is 0 Å². The van der Waals surface area contributed by atoms with Crippen molar-refractivity contribution in [3.8, 4) is 0 Å². The van der Waals surface area contributed by atoms with E-state index in [1.807, 2.05) is 0 Å². The van der Waals surface area contributed by atoms with E-state index in [1.165, 1.54) is 0 Å². The van der Waals surface area contributed by atoms with Crippen LogP contribution < -0.4 is 11.1 Å². The minimum atomic E-state index is -0.937. The van der Waals surface area contributed by atoms with Gasteiger partial charge in [0.1, 0.15) is 0 Å². The number of benzene rings is 1. The lowest BCUT2D eigenvalue weighted by Crippen LogP contribution is -2.15. The molecule has 0 aliphatic heterocycles. The Labute approximate surface area is 126 Å². The number of halogens is 1. The standard InChI is InChI=1S/C13H19ClN2O3S/c1-19-6-8-20(18)7-2-3-13(17)16-12-5-4-10(14)9-11(12)15/h4-5,9H,2-3,6-8,15H2,1H3,(H,16,17). The summed E-state index contributed by atoms with van der Waals surface area (Å²) in [5.74, 6) is 0.845. The topological polar surface area (TPSA) is 81.4 Å². The predicted octanol–water partition coefficient (Wildman–Crippen LogP) is 2.04. The second-order valence-corrected chi connectivity index (χ2v) is 6.36. The average Bonchev–Trinajstić information content (AvgIpc) is 2.39. The van der Waals surface area contributed by atoms with E-state index >= 15 is 0 Å². The van der Waals surface area contributed by atoms with Crippen LogP contribution in [0.25, 0.3) is 0 Å². The van der Waals surface area contributed by atoms with E-state index in [0.29, 0.717) is 47.4 Å². The summed E-state index contributed by atoms with van der Waals surface area (Å²) in [6.07, 6.45) is 0.871. The van der Waals surface area contributed by atoms with E-state index in [-0.39, 0.29) is 5.91 Å². The summed E-state index contributed by atoms with van der Waals surface area (Å²) in [5.41, 5.74) is 6.71. The number of nitrogens with two attached hydrogens (primary N) is 1. The minimum absolute atomic E-state index is 0.150. The monoisotopic (exact) mass is 318 g/mol. The lowest BCUT2D eigenvalue weighted by molar-refractivity contribution is -0.116. The number of rotatable bonds is 8. The molecule has 1 atom stereocenters. The molecule has 1 amide bonds. The molecule has 112 valence electrons. The van der Waals surface area contributed by atoms with Gasteiger partial charge in [-0.15, -0.1) is 0 Å². The number of carbonyl (C=O) groups is 1. The second kappa shape index (κ2) is 8.94. The fraction of sp³-hybridized carbons (Fsp3) is 0.462. The Morgan fingerprint density at radius 2 is 2.20 bits per heavy atom. The van der Waals surface area contributed by atoms with Gasteiger partial charge in [0.25, 0.3) is 0 Å². The summed E-state index contributed by atoms with van der Waals surface area (Å²) >= 11 is 5.78. The van der Waals surface area contributed by atoms with Gasteiger partial charge in [0.15, 0.2) is 0 Å². The zero-order valence-corrected chi connectivity index (χ0v) is 12.9. The van der Waals surface area contributed by atoms with Crippen molar-refractivity contribution in [2.24, 2.45) is 0 Å². The first-order chi connectivity index (χ1) is 9.52. The van der Waals surface area contributed by atoms with E-state index in [4.69, 9.17) is 22.1 Å². The molecule has 0 aliphatic rings. The van der Waals surface area contributed by atoms with Gasteiger partial charge in [-0.25, -0.2) is 0 Å². The van der Waals surface area contributed by atoms with E-state index < -0.39 is 10.8 Å². The van der Waals surface area contributed by atoms with Crippen molar-refractivity contribution >= 4 is 39.7 Å². The number of carbonyl (C=O) groups excluding carboxylic acids is 1. The van der Waals surface area contributed by atoms with Crippen LogP contribution in [0.3, 0.4) is 0 Å². The van der Waals surface area contributed by atoms with Gasteiger partial charge in [-0.3, -0.25) is 9.00 Å². The van der Waals surface area contributed by atoms with Crippen LogP contribution in [-0.4, -0.2) is 35.3 Å². The molecular formula is C13H19ClN2O3S.